The lowest BCUT2D eigenvalue weighted by Crippen LogP contribution is -2.42. The molecule has 0 spiro atoms. The van der Waals surface area contributed by atoms with E-state index in [2.05, 4.69) is 17.2 Å². The molecular formula is C14H16ClN3OS. The van der Waals surface area contributed by atoms with Crippen molar-refractivity contribution in [2.75, 3.05) is 23.3 Å². The van der Waals surface area contributed by atoms with Crippen LogP contribution in [0.1, 0.15) is 6.92 Å². The van der Waals surface area contributed by atoms with Crippen molar-refractivity contribution in [3.05, 3.63) is 35.9 Å². The zero-order valence-corrected chi connectivity index (χ0v) is 12.7. The molecule has 0 fully saturated rings. The van der Waals surface area contributed by atoms with E-state index in [1.165, 1.54) is 0 Å². The minimum Gasteiger partial charge on any atom is -0.359 e. The predicted molar refractivity (Wildman–Crippen MR) is 87.4 cm³/mol. The largest absolute Gasteiger partial charge is 0.359 e. The lowest BCUT2D eigenvalue weighted by Gasteiger charge is -2.26. The van der Waals surface area contributed by atoms with Crippen LogP contribution in [0.2, 0.25) is 5.02 Å². The first kappa shape index (κ1) is 14.8. The summed E-state index contributed by atoms with van der Waals surface area (Å²) in [5.74, 6) is -0.216. The van der Waals surface area contributed by atoms with Gasteiger partial charge in [-0.25, -0.2) is 0 Å². The number of rotatable bonds is 2. The quantitative estimate of drug-likeness (QED) is 0.651. The highest BCUT2D eigenvalue weighted by Crippen LogP contribution is 2.32. The Morgan fingerprint density at radius 1 is 1.70 bits per heavy atom. The zero-order chi connectivity index (χ0) is 14.7. The van der Waals surface area contributed by atoms with E-state index in [1.54, 1.807) is 18.2 Å². The molecule has 106 valence electrons. The number of thiocarbonyl (C=S) groups is 1. The van der Waals surface area contributed by atoms with Crippen molar-refractivity contribution >= 4 is 46.2 Å². The van der Waals surface area contributed by atoms with Crippen molar-refractivity contribution in [3.63, 3.8) is 0 Å². The van der Waals surface area contributed by atoms with E-state index < -0.39 is 0 Å². The topological polar surface area (TPSA) is 44.4 Å². The van der Waals surface area contributed by atoms with Gasteiger partial charge in [0.2, 0.25) is 5.91 Å². The van der Waals surface area contributed by atoms with Crippen LogP contribution < -0.4 is 15.5 Å². The number of nitrogens with zero attached hydrogens (tertiary/aromatic N) is 1. The molecule has 0 bridgehead atoms. The number of fused-ring (bicyclic) bond motifs is 1. The SMILES string of the molecule is C=CCNC(=S)N1CC(C)C(=O)Nc2cc(Cl)ccc21. The molecule has 0 radical (unpaired) electrons. The molecule has 1 aromatic carbocycles. The summed E-state index contributed by atoms with van der Waals surface area (Å²) in [5.41, 5.74) is 1.52. The van der Waals surface area contributed by atoms with Crippen LogP contribution in [0, 0.1) is 5.92 Å². The van der Waals surface area contributed by atoms with Crippen LogP contribution in [-0.2, 0) is 4.79 Å². The number of hydrogen-bond acceptors (Lipinski definition) is 2. The summed E-state index contributed by atoms with van der Waals surface area (Å²) < 4.78 is 0. The van der Waals surface area contributed by atoms with Crippen LogP contribution in [-0.4, -0.2) is 24.1 Å². The number of hydrogen-bond donors (Lipinski definition) is 2. The lowest BCUT2D eigenvalue weighted by molar-refractivity contribution is -0.119. The van der Waals surface area contributed by atoms with Crippen LogP contribution in [0.4, 0.5) is 11.4 Å². The molecule has 0 saturated heterocycles. The maximum absolute atomic E-state index is 12.0. The lowest BCUT2D eigenvalue weighted by atomic mass is 10.1. The van der Waals surface area contributed by atoms with Crippen molar-refractivity contribution in [2.45, 2.75) is 6.92 Å². The van der Waals surface area contributed by atoms with Crippen LogP contribution in [0.5, 0.6) is 0 Å². The summed E-state index contributed by atoms with van der Waals surface area (Å²) in [7, 11) is 0. The molecule has 6 heteroatoms. The van der Waals surface area contributed by atoms with Crippen LogP contribution in [0.25, 0.3) is 0 Å². The maximum atomic E-state index is 12.0. The first-order chi connectivity index (χ1) is 9.52. The van der Waals surface area contributed by atoms with Crippen molar-refractivity contribution in [1.82, 2.24) is 5.32 Å². The van der Waals surface area contributed by atoms with E-state index >= 15 is 0 Å². The molecule has 0 aliphatic carbocycles. The van der Waals surface area contributed by atoms with Gasteiger partial charge in [0, 0.05) is 18.1 Å². The molecule has 20 heavy (non-hydrogen) atoms. The third-order valence-corrected chi connectivity index (χ3v) is 3.65. The number of nitrogens with one attached hydrogen (secondary N) is 2. The molecule has 1 aromatic rings. The highest BCUT2D eigenvalue weighted by molar-refractivity contribution is 7.80. The summed E-state index contributed by atoms with van der Waals surface area (Å²) in [6, 6.07) is 5.37. The number of halogens is 1. The molecule has 1 aliphatic heterocycles. The number of benzene rings is 1. The van der Waals surface area contributed by atoms with Gasteiger partial charge in [-0.15, -0.1) is 6.58 Å². The monoisotopic (exact) mass is 309 g/mol. The highest BCUT2D eigenvalue weighted by Gasteiger charge is 2.27. The van der Waals surface area contributed by atoms with E-state index in [-0.39, 0.29) is 11.8 Å². The van der Waals surface area contributed by atoms with Crippen molar-refractivity contribution in [1.29, 1.82) is 0 Å². The van der Waals surface area contributed by atoms with Gasteiger partial charge in [-0.2, -0.15) is 0 Å². The molecule has 1 atom stereocenters. The standard InChI is InChI=1S/C14H16ClN3OS/c1-3-6-16-14(20)18-8-9(2)13(19)17-11-7-10(15)4-5-12(11)18/h3-5,7,9H,1,6,8H2,2H3,(H,16,20)(H,17,19). The summed E-state index contributed by atoms with van der Waals surface area (Å²) >= 11 is 11.4. The van der Waals surface area contributed by atoms with Crippen molar-refractivity contribution in [2.24, 2.45) is 5.92 Å². The Kier molecular flexibility index (Phi) is 4.62. The second kappa shape index (κ2) is 6.24. The number of carbonyl (C=O) groups is 1. The summed E-state index contributed by atoms with van der Waals surface area (Å²) in [5, 5.41) is 7.11. The molecule has 4 nitrogen and oxygen atoms in total. The van der Waals surface area contributed by atoms with Gasteiger partial charge in [0.25, 0.3) is 0 Å². The fourth-order valence-electron chi connectivity index (χ4n) is 2.00. The van der Waals surface area contributed by atoms with E-state index in [0.29, 0.717) is 28.9 Å². The molecular weight excluding hydrogens is 294 g/mol. The van der Waals surface area contributed by atoms with Crippen LogP contribution >= 0.6 is 23.8 Å². The van der Waals surface area contributed by atoms with E-state index in [9.17, 15) is 4.79 Å². The van der Waals surface area contributed by atoms with Gasteiger partial charge in [0.1, 0.15) is 0 Å². The molecule has 1 aliphatic rings. The predicted octanol–water partition coefficient (Wildman–Crippen LogP) is 2.80. The van der Waals surface area contributed by atoms with Gasteiger partial charge < -0.3 is 15.5 Å². The number of carbonyl (C=O) groups excluding carboxylic acids is 1. The third kappa shape index (κ3) is 3.11. The Morgan fingerprint density at radius 3 is 3.15 bits per heavy atom. The normalized spacial score (nSPS) is 17.8. The minimum absolute atomic E-state index is 0.0393. The van der Waals surface area contributed by atoms with Gasteiger partial charge in [-0.1, -0.05) is 24.6 Å². The third-order valence-electron chi connectivity index (χ3n) is 3.05. The van der Waals surface area contributed by atoms with E-state index in [0.717, 1.165) is 5.69 Å². The second-order valence-electron chi connectivity index (χ2n) is 4.64. The molecule has 0 aromatic heterocycles. The molecule has 1 heterocycles. The minimum atomic E-state index is -0.176. The summed E-state index contributed by atoms with van der Waals surface area (Å²) in [4.78, 5) is 13.9. The van der Waals surface area contributed by atoms with Gasteiger partial charge in [0.05, 0.1) is 17.3 Å². The van der Waals surface area contributed by atoms with Crippen molar-refractivity contribution in [3.8, 4) is 0 Å². The highest BCUT2D eigenvalue weighted by atomic mass is 35.5. The van der Waals surface area contributed by atoms with Gasteiger partial charge in [-0.05, 0) is 30.4 Å². The van der Waals surface area contributed by atoms with Gasteiger partial charge in [0.15, 0.2) is 5.11 Å². The van der Waals surface area contributed by atoms with Gasteiger partial charge >= 0.3 is 0 Å². The van der Waals surface area contributed by atoms with E-state index in [4.69, 9.17) is 23.8 Å². The Bertz CT molecular complexity index is 561. The molecule has 1 unspecified atom stereocenters. The fourth-order valence-corrected chi connectivity index (χ4v) is 2.43. The molecule has 2 rings (SSSR count). The summed E-state index contributed by atoms with van der Waals surface area (Å²) in [6.45, 7) is 6.62. The Balaban J connectivity index is 2.38. The maximum Gasteiger partial charge on any atom is 0.229 e. The molecule has 1 amide bonds. The Labute approximate surface area is 128 Å². The Morgan fingerprint density at radius 2 is 2.45 bits per heavy atom. The molecule has 2 N–H and O–H groups in total. The first-order valence-corrected chi connectivity index (χ1v) is 7.08. The average Bonchev–Trinajstić information content (AvgIpc) is 2.53. The molecule has 0 saturated carbocycles. The smallest absolute Gasteiger partial charge is 0.229 e. The van der Waals surface area contributed by atoms with Crippen LogP contribution in [0.3, 0.4) is 0 Å². The van der Waals surface area contributed by atoms with E-state index in [1.807, 2.05) is 17.9 Å². The summed E-state index contributed by atoms with van der Waals surface area (Å²) in [6.07, 6.45) is 1.74. The second-order valence-corrected chi connectivity index (χ2v) is 5.46. The first-order valence-electron chi connectivity index (χ1n) is 6.29. The van der Waals surface area contributed by atoms with Crippen LogP contribution in [0.15, 0.2) is 30.9 Å². The average molecular weight is 310 g/mol. The number of anilines is 2. The Hall–Kier alpha value is -1.59. The van der Waals surface area contributed by atoms with Crippen molar-refractivity contribution < 1.29 is 4.79 Å². The fraction of sp³-hybridized carbons (Fsp3) is 0.286. The van der Waals surface area contributed by atoms with Gasteiger partial charge in [-0.3, -0.25) is 4.79 Å². The number of amides is 1. The zero-order valence-electron chi connectivity index (χ0n) is 11.1.